The largest absolute Gasteiger partial charge is 0.494 e. The molecule has 2 aromatic heterocycles. The molecule has 0 saturated carbocycles. The topological polar surface area (TPSA) is 84.8 Å². The Kier molecular flexibility index (Phi) is 6.49. The highest BCUT2D eigenvalue weighted by atomic mass is 32.2. The zero-order valence-electron chi connectivity index (χ0n) is 18.9. The summed E-state index contributed by atoms with van der Waals surface area (Å²) in [5, 5.41) is 13.0. The number of thioether (sulfide) groups is 1. The average Bonchev–Trinajstić information content (AvgIpc) is 3.49. The molecule has 9 heteroatoms. The lowest BCUT2D eigenvalue weighted by Gasteiger charge is -2.11. The standard InChI is InChI=1S/C26H22FN5O2S/c1-2-34-18-13-11-17(12-14-18)32-25(20-15-28-22-9-5-3-7-19(20)22)30-31-26(32)35-16-24(33)29-23-10-6-4-8-21(23)27/h3-15,28H,2,16H2,1H3,(H,29,33). The Hall–Kier alpha value is -4.11. The van der Waals surface area contributed by atoms with Crippen LogP contribution in [-0.2, 0) is 4.79 Å². The van der Waals surface area contributed by atoms with E-state index in [2.05, 4.69) is 20.5 Å². The summed E-state index contributed by atoms with van der Waals surface area (Å²) in [7, 11) is 0. The predicted molar refractivity (Wildman–Crippen MR) is 136 cm³/mol. The number of halogens is 1. The first-order valence-corrected chi connectivity index (χ1v) is 12.0. The van der Waals surface area contributed by atoms with Crippen molar-refractivity contribution >= 4 is 34.3 Å². The van der Waals surface area contributed by atoms with Crippen molar-refractivity contribution in [1.82, 2.24) is 19.7 Å². The molecule has 0 atom stereocenters. The zero-order valence-corrected chi connectivity index (χ0v) is 19.7. The van der Waals surface area contributed by atoms with Gasteiger partial charge >= 0.3 is 0 Å². The van der Waals surface area contributed by atoms with Crippen LogP contribution in [0.4, 0.5) is 10.1 Å². The fraction of sp³-hybridized carbons (Fsp3) is 0.115. The molecule has 0 unspecified atom stereocenters. The molecule has 0 aliphatic heterocycles. The van der Waals surface area contributed by atoms with Gasteiger partial charge < -0.3 is 15.0 Å². The van der Waals surface area contributed by atoms with E-state index in [1.807, 2.05) is 66.2 Å². The minimum absolute atomic E-state index is 0.0391. The van der Waals surface area contributed by atoms with Gasteiger partial charge in [0.1, 0.15) is 11.6 Å². The number of aromatic nitrogens is 4. The molecular formula is C26H22FN5O2S. The maximum Gasteiger partial charge on any atom is 0.234 e. The Balaban J connectivity index is 1.48. The van der Waals surface area contributed by atoms with E-state index in [1.54, 1.807) is 12.1 Å². The maximum atomic E-state index is 13.9. The summed E-state index contributed by atoms with van der Waals surface area (Å²) in [6, 6.07) is 21.7. The summed E-state index contributed by atoms with van der Waals surface area (Å²) in [6.45, 7) is 2.51. The van der Waals surface area contributed by atoms with Crippen molar-refractivity contribution in [3.05, 3.63) is 84.8 Å². The van der Waals surface area contributed by atoms with Crippen molar-refractivity contribution in [1.29, 1.82) is 0 Å². The van der Waals surface area contributed by atoms with Crippen LogP contribution in [0.1, 0.15) is 6.92 Å². The van der Waals surface area contributed by atoms with E-state index in [4.69, 9.17) is 4.74 Å². The van der Waals surface area contributed by atoms with E-state index in [0.29, 0.717) is 17.6 Å². The van der Waals surface area contributed by atoms with Crippen LogP contribution in [0.3, 0.4) is 0 Å². The lowest BCUT2D eigenvalue weighted by Crippen LogP contribution is -2.15. The van der Waals surface area contributed by atoms with Gasteiger partial charge in [-0.1, -0.05) is 42.1 Å². The molecule has 0 saturated heterocycles. The van der Waals surface area contributed by atoms with Gasteiger partial charge in [0, 0.05) is 28.4 Å². The molecule has 7 nitrogen and oxygen atoms in total. The van der Waals surface area contributed by atoms with Crippen LogP contribution in [-0.4, -0.2) is 38.0 Å². The monoisotopic (exact) mass is 487 g/mol. The first-order chi connectivity index (χ1) is 17.1. The van der Waals surface area contributed by atoms with Gasteiger partial charge in [0.05, 0.1) is 18.0 Å². The Bertz CT molecular complexity index is 1480. The third-order valence-corrected chi connectivity index (χ3v) is 6.28. The van der Waals surface area contributed by atoms with Crippen LogP contribution in [0.2, 0.25) is 0 Å². The predicted octanol–water partition coefficient (Wildman–Crippen LogP) is 5.68. The Morgan fingerprint density at radius 3 is 2.63 bits per heavy atom. The van der Waals surface area contributed by atoms with Gasteiger partial charge in [-0.15, -0.1) is 10.2 Å². The minimum Gasteiger partial charge on any atom is -0.494 e. The number of hydrogen-bond acceptors (Lipinski definition) is 5. The highest BCUT2D eigenvalue weighted by Crippen LogP contribution is 2.33. The molecule has 0 aliphatic rings. The van der Waals surface area contributed by atoms with Gasteiger partial charge in [0.15, 0.2) is 11.0 Å². The van der Waals surface area contributed by atoms with Gasteiger partial charge in [-0.25, -0.2) is 4.39 Å². The number of hydrogen-bond donors (Lipinski definition) is 2. The van der Waals surface area contributed by atoms with Crippen LogP contribution >= 0.6 is 11.8 Å². The number of carbonyl (C=O) groups is 1. The van der Waals surface area contributed by atoms with Crippen LogP contribution in [0.15, 0.2) is 84.1 Å². The number of fused-ring (bicyclic) bond motifs is 1. The number of para-hydroxylation sites is 2. The quantitative estimate of drug-likeness (QED) is 0.275. The zero-order chi connectivity index (χ0) is 24.2. The molecule has 176 valence electrons. The van der Waals surface area contributed by atoms with E-state index in [-0.39, 0.29) is 17.3 Å². The highest BCUT2D eigenvalue weighted by Gasteiger charge is 2.20. The molecule has 0 aliphatic carbocycles. The van der Waals surface area contributed by atoms with Gasteiger partial charge in [-0.2, -0.15) is 0 Å². The second kappa shape index (κ2) is 10.0. The smallest absolute Gasteiger partial charge is 0.234 e. The lowest BCUT2D eigenvalue weighted by molar-refractivity contribution is -0.113. The third-order valence-electron chi connectivity index (χ3n) is 5.35. The molecule has 0 spiro atoms. The second-order valence-electron chi connectivity index (χ2n) is 7.63. The van der Waals surface area contributed by atoms with Crippen LogP contribution < -0.4 is 10.1 Å². The normalized spacial score (nSPS) is 11.0. The number of ether oxygens (including phenoxy) is 1. The molecule has 2 heterocycles. The number of aromatic amines is 1. The van der Waals surface area contributed by atoms with E-state index >= 15 is 0 Å². The van der Waals surface area contributed by atoms with Crippen molar-refractivity contribution in [3.8, 4) is 22.8 Å². The van der Waals surface area contributed by atoms with E-state index in [9.17, 15) is 9.18 Å². The number of benzene rings is 3. The molecule has 0 fully saturated rings. The van der Waals surface area contributed by atoms with Gasteiger partial charge in [0.2, 0.25) is 5.91 Å². The highest BCUT2D eigenvalue weighted by molar-refractivity contribution is 7.99. The van der Waals surface area contributed by atoms with Gasteiger partial charge in [0.25, 0.3) is 0 Å². The van der Waals surface area contributed by atoms with Crippen molar-refractivity contribution in [2.45, 2.75) is 12.1 Å². The molecule has 2 N–H and O–H groups in total. The van der Waals surface area contributed by atoms with Crippen molar-refractivity contribution in [3.63, 3.8) is 0 Å². The molecular weight excluding hydrogens is 465 g/mol. The summed E-state index contributed by atoms with van der Waals surface area (Å²) >= 11 is 1.23. The fourth-order valence-corrected chi connectivity index (χ4v) is 4.52. The summed E-state index contributed by atoms with van der Waals surface area (Å²) in [5.74, 6) is 0.622. The SMILES string of the molecule is CCOc1ccc(-n2c(SCC(=O)Nc3ccccc3F)nnc2-c2c[nH]c3ccccc23)cc1. The van der Waals surface area contributed by atoms with Gasteiger partial charge in [-0.05, 0) is 49.4 Å². The average molecular weight is 488 g/mol. The molecule has 3 aromatic carbocycles. The number of H-pyrrole nitrogens is 1. The van der Waals surface area contributed by atoms with Crippen LogP contribution in [0, 0.1) is 5.82 Å². The van der Waals surface area contributed by atoms with Crippen LogP contribution in [0.5, 0.6) is 5.75 Å². The van der Waals surface area contributed by atoms with E-state index in [1.165, 1.54) is 23.9 Å². The number of rotatable bonds is 8. The van der Waals surface area contributed by atoms with Crippen molar-refractivity contribution in [2.75, 3.05) is 17.7 Å². The molecule has 35 heavy (non-hydrogen) atoms. The number of anilines is 1. The summed E-state index contributed by atoms with van der Waals surface area (Å²) < 4.78 is 21.4. The van der Waals surface area contributed by atoms with E-state index in [0.717, 1.165) is 27.9 Å². The molecule has 0 radical (unpaired) electrons. The van der Waals surface area contributed by atoms with E-state index < -0.39 is 5.82 Å². The fourth-order valence-electron chi connectivity index (χ4n) is 3.76. The third kappa shape index (κ3) is 4.76. The first kappa shape index (κ1) is 22.7. The first-order valence-electron chi connectivity index (χ1n) is 11.1. The Morgan fingerprint density at radius 1 is 1.06 bits per heavy atom. The summed E-state index contributed by atoms with van der Waals surface area (Å²) in [5.41, 5.74) is 2.85. The molecule has 0 bridgehead atoms. The summed E-state index contributed by atoms with van der Waals surface area (Å²) in [6.07, 6.45) is 1.90. The van der Waals surface area contributed by atoms with Crippen molar-refractivity contribution < 1.29 is 13.9 Å². The number of nitrogens with zero attached hydrogens (tertiary/aromatic N) is 3. The molecule has 5 rings (SSSR count). The Labute approximate surface area is 205 Å². The van der Waals surface area contributed by atoms with Gasteiger partial charge in [-0.3, -0.25) is 9.36 Å². The molecule has 1 amide bonds. The molecule has 5 aromatic rings. The number of amides is 1. The lowest BCUT2D eigenvalue weighted by atomic mass is 10.1. The van der Waals surface area contributed by atoms with Crippen LogP contribution in [0.25, 0.3) is 28.0 Å². The Morgan fingerprint density at radius 2 is 1.83 bits per heavy atom. The number of carbonyl (C=O) groups excluding carboxylic acids is 1. The minimum atomic E-state index is -0.481. The summed E-state index contributed by atoms with van der Waals surface area (Å²) in [4.78, 5) is 15.8. The maximum absolute atomic E-state index is 13.9. The van der Waals surface area contributed by atoms with Crippen molar-refractivity contribution in [2.24, 2.45) is 0 Å². The second-order valence-corrected chi connectivity index (χ2v) is 8.58. The number of nitrogens with one attached hydrogen (secondary N) is 2.